The van der Waals surface area contributed by atoms with E-state index in [1.54, 1.807) is 50.8 Å². The fraction of sp³-hybridized carbons (Fsp3) is 0.0952. The van der Waals surface area contributed by atoms with Crippen molar-refractivity contribution in [3.63, 3.8) is 0 Å². The Balaban J connectivity index is 1.92. The van der Waals surface area contributed by atoms with Crippen LogP contribution in [0.2, 0.25) is 5.02 Å². The molecule has 0 aliphatic rings. The summed E-state index contributed by atoms with van der Waals surface area (Å²) in [6.45, 7) is 0. The van der Waals surface area contributed by atoms with Crippen molar-refractivity contribution in [2.75, 3.05) is 19.8 Å². The van der Waals surface area contributed by atoms with Gasteiger partial charge in [-0.2, -0.15) is 0 Å². The van der Waals surface area contributed by atoms with Crippen molar-refractivity contribution in [3.05, 3.63) is 65.3 Å². The number of aromatic amines is 1. The molecule has 0 saturated heterocycles. The Kier molecular flexibility index (Phi) is 4.68. The van der Waals surface area contributed by atoms with Crippen molar-refractivity contribution in [1.29, 1.82) is 0 Å². The highest BCUT2D eigenvalue weighted by Crippen LogP contribution is 2.39. The molecule has 29 heavy (non-hydrogen) atoms. The monoisotopic (exact) mass is 409 g/mol. The van der Waals surface area contributed by atoms with Gasteiger partial charge in [-0.25, -0.2) is 14.4 Å². The molecule has 8 heteroatoms. The second kappa shape index (κ2) is 7.18. The topological polar surface area (TPSA) is 87.9 Å². The van der Waals surface area contributed by atoms with E-state index in [4.69, 9.17) is 17.3 Å². The summed E-state index contributed by atoms with van der Waals surface area (Å²) >= 11 is 6.72. The standard InChI is InChI=1S/C21H17ClFN5O/c1-28(2)21(29)13-7-11(8-25-19(13)24)14-9-26-20-17(18(14)22)15(10-27-20)12-5-3-4-6-16(12)23/h3-10H,1-2H3,(H2,24,25)(H,26,27). The summed E-state index contributed by atoms with van der Waals surface area (Å²) in [7, 11) is 3.27. The van der Waals surface area contributed by atoms with Gasteiger partial charge in [-0.3, -0.25) is 4.79 Å². The number of hydrogen-bond acceptors (Lipinski definition) is 4. The number of pyridine rings is 2. The largest absolute Gasteiger partial charge is 0.383 e. The highest BCUT2D eigenvalue weighted by molar-refractivity contribution is 6.39. The average molecular weight is 410 g/mol. The summed E-state index contributed by atoms with van der Waals surface area (Å²) in [6, 6.07) is 8.09. The van der Waals surface area contributed by atoms with Gasteiger partial charge < -0.3 is 15.6 Å². The number of nitrogen functional groups attached to an aromatic ring is 1. The Labute approximate surface area is 171 Å². The molecule has 6 nitrogen and oxygen atoms in total. The van der Waals surface area contributed by atoms with Gasteiger partial charge >= 0.3 is 0 Å². The lowest BCUT2D eigenvalue weighted by Crippen LogP contribution is -2.23. The van der Waals surface area contributed by atoms with Gasteiger partial charge in [-0.1, -0.05) is 29.8 Å². The Morgan fingerprint density at radius 2 is 1.90 bits per heavy atom. The fourth-order valence-electron chi connectivity index (χ4n) is 3.19. The van der Waals surface area contributed by atoms with Crippen LogP contribution in [-0.2, 0) is 0 Å². The maximum Gasteiger partial charge on any atom is 0.257 e. The van der Waals surface area contributed by atoms with E-state index in [0.717, 1.165) is 0 Å². The summed E-state index contributed by atoms with van der Waals surface area (Å²) in [4.78, 5) is 25.4. The second-order valence-electron chi connectivity index (χ2n) is 6.75. The number of carbonyl (C=O) groups excluding carboxylic acids is 1. The number of hydrogen-bond donors (Lipinski definition) is 2. The van der Waals surface area contributed by atoms with Gasteiger partial charge in [0, 0.05) is 60.3 Å². The molecule has 0 spiro atoms. The molecule has 0 bridgehead atoms. The molecule has 0 unspecified atom stereocenters. The molecule has 4 aromatic rings. The molecule has 146 valence electrons. The number of anilines is 1. The van der Waals surface area contributed by atoms with E-state index >= 15 is 0 Å². The smallest absolute Gasteiger partial charge is 0.257 e. The molecule has 4 rings (SSSR count). The first-order valence-corrected chi connectivity index (χ1v) is 9.14. The maximum atomic E-state index is 14.4. The quantitative estimate of drug-likeness (QED) is 0.526. The zero-order valence-electron chi connectivity index (χ0n) is 15.7. The van der Waals surface area contributed by atoms with Crippen molar-refractivity contribution in [2.45, 2.75) is 0 Å². The van der Waals surface area contributed by atoms with Gasteiger partial charge in [0.1, 0.15) is 17.3 Å². The molecule has 0 atom stereocenters. The number of aromatic nitrogens is 3. The lowest BCUT2D eigenvalue weighted by molar-refractivity contribution is 0.0828. The molecular formula is C21H17ClFN5O. The lowest BCUT2D eigenvalue weighted by Gasteiger charge is -2.13. The number of nitrogens with two attached hydrogens (primary N) is 1. The van der Waals surface area contributed by atoms with Gasteiger partial charge in [-0.05, 0) is 12.1 Å². The Bertz CT molecular complexity index is 1250. The number of amides is 1. The van der Waals surface area contributed by atoms with Crippen molar-refractivity contribution in [1.82, 2.24) is 19.9 Å². The SMILES string of the molecule is CN(C)C(=O)c1cc(-c2cnc3[nH]cc(-c4ccccc4F)c3c2Cl)cnc1N. The van der Waals surface area contributed by atoms with E-state index in [1.165, 1.54) is 17.2 Å². The summed E-state index contributed by atoms with van der Waals surface area (Å²) in [6.07, 6.45) is 4.79. The van der Waals surface area contributed by atoms with Gasteiger partial charge in [-0.15, -0.1) is 0 Å². The van der Waals surface area contributed by atoms with Crippen molar-refractivity contribution < 1.29 is 9.18 Å². The number of halogens is 2. The van der Waals surface area contributed by atoms with Gasteiger partial charge in [0.2, 0.25) is 0 Å². The number of fused-ring (bicyclic) bond motifs is 1. The van der Waals surface area contributed by atoms with Crippen LogP contribution in [0.5, 0.6) is 0 Å². The van der Waals surface area contributed by atoms with E-state index in [9.17, 15) is 9.18 Å². The molecule has 3 N–H and O–H groups in total. The van der Waals surface area contributed by atoms with E-state index in [2.05, 4.69) is 15.0 Å². The normalized spacial score (nSPS) is 11.0. The summed E-state index contributed by atoms with van der Waals surface area (Å²) in [5.41, 5.74) is 8.86. The first-order chi connectivity index (χ1) is 13.9. The minimum Gasteiger partial charge on any atom is -0.383 e. The minimum atomic E-state index is -0.358. The first kappa shape index (κ1) is 18.9. The molecule has 3 heterocycles. The Morgan fingerprint density at radius 1 is 1.14 bits per heavy atom. The number of benzene rings is 1. The number of H-pyrrole nitrogens is 1. The number of nitrogens with one attached hydrogen (secondary N) is 1. The number of carbonyl (C=O) groups is 1. The molecule has 0 radical (unpaired) electrons. The zero-order chi connectivity index (χ0) is 20.7. The Hall–Kier alpha value is -3.45. The van der Waals surface area contributed by atoms with Crippen molar-refractivity contribution in [2.24, 2.45) is 0 Å². The van der Waals surface area contributed by atoms with E-state index in [-0.39, 0.29) is 23.1 Å². The summed E-state index contributed by atoms with van der Waals surface area (Å²) < 4.78 is 14.4. The van der Waals surface area contributed by atoms with Gasteiger partial charge in [0.25, 0.3) is 5.91 Å². The molecule has 0 fully saturated rings. The van der Waals surface area contributed by atoms with Crippen molar-refractivity contribution in [3.8, 4) is 22.3 Å². The minimum absolute atomic E-state index is 0.131. The molecule has 0 aliphatic carbocycles. The molecule has 0 saturated carbocycles. The number of rotatable bonds is 3. The molecule has 1 aromatic carbocycles. The van der Waals surface area contributed by atoms with Crippen LogP contribution in [0.4, 0.5) is 10.2 Å². The van der Waals surface area contributed by atoms with Crippen molar-refractivity contribution >= 4 is 34.4 Å². The van der Waals surface area contributed by atoms with Crippen LogP contribution in [-0.4, -0.2) is 39.9 Å². The maximum absolute atomic E-state index is 14.4. The van der Waals surface area contributed by atoms with Crippen LogP contribution in [0.1, 0.15) is 10.4 Å². The predicted octanol–water partition coefficient (Wildman–Crippen LogP) is 4.37. The average Bonchev–Trinajstić information content (AvgIpc) is 3.13. The van der Waals surface area contributed by atoms with Crippen LogP contribution < -0.4 is 5.73 Å². The molecule has 3 aromatic heterocycles. The predicted molar refractivity (Wildman–Crippen MR) is 112 cm³/mol. The van der Waals surface area contributed by atoms with Gasteiger partial charge in [0.15, 0.2) is 0 Å². The third-order valence-electron chi connectivity index (χ3n) is 4.67. The van der Waals surface area contributed by atoms with E-state index in [1.807, 2.05) is 0 Å². The van der Waals surface area contributed by atoms with Crippen LogP contribution in [0.15, 0.2) is 48.9 Å². The fourth-order valence-corrected chi connectivity index (χ4v) is 3.53. The van der Waals surface area contributed by atoms with Crippen LogP contribution in [0, 0.1) is 5.82 Å². The second-order valence-corrected chi connectivity index (χ2v) is 7.13. The lowest BCUT2D eigenvalue weighted by atomic mass is 10.0. The van der Waals surface area contributed by atoms with Crippen LogP contribution in [0.3, 0.4) is 0 Å². The zero-order valence-corrected chi connectivity index (χ0v) is 16.5. The number of nitrogens with zero attached hydrogens (tertiary/aromatic N) is 3. The molecule has 0 aliphatic heterocycles. The van der Waals surface area contributed by atoms with E-state index in [0.29, 0.717) is 38.3 Å². The highest BCUT2D eigenvalue weighted by Gasteiger charge is 2.19. The van der Waals surface area contributed by atoms with Crippen LogP contribution >= 0.6 is 11.6 Å². The molecule has 1 amide bonds. The Morgan fingerprint density at radius 3 is 2.62 bits per heavy atom. The first-order valence-electron chi connectivity index (χ1n) is 8.76. The third-order valence-corrected chi connectivity index (χ3v) is 5.06. The van der Waals surface area contributed by atoms with E-state index < -0.39 is 0 Å². The molecular weight excluding hydrogens is 393 g/mol. The highest BCUT2D eigenvalue weighted by atomic mass is 35.5. The summed E-state index contributed by atoms with van der Waals surface area (Å²) in [5.74, 6) is -0.495. The van der Waals surface area contributed by atoms with Crippen LogP contribution in [0.25, 0.3) is 33.3 Å². The van der Waals surface area contributed by atoms with Gasteiger partial charge in [0.05, 0.1) is 10.6 Å². The third kappa shape index (κ3) is 3.19. The summed E-state index contributed by atoms with van der Waals surface area (Å²) in [5, 5.41) is 0.968.